The molecule has 0 N–H and O–H groups in total. The zero-order valence-corrected chi connectivity index (χ0v) is 13.2. The first-order chi connectivity index (χ1) is 8.26. The van der Waals surface area contributed by atoms with Gasteiger partial charge < -0.3 is 14.8 Å². The maximum absolute atomic E-state index is 12.0. The number of carbonyl (C=O) groups excluding carboxylic acids is 3. The number of ketones is 1. The Labute approximate surface area is 131 Å². The van der Waals surface area contributed by atoms with Gasteiger partial charge in [0.15, 0.2) is 15.6 Å². The number of nitrogens with zero attached hydrogens (tertiary/aromatic N) is 1. The summed E-state index contributed by atoms with van der Waals surface area (Å²) >= 11 is 0. The van der Waals surface area contributed by atoms with Crippen molar-refractivity contribution in [1.29, 1.82) is 0 Å². The second kappa shape index (κ2) is 5.35. The Kier molecular flexibility index (Phi) is 4.61. The molecule has 2 saturated heterocycles. The Morgan fingerprint density at radius 2 is 2.00 bits per heavy atom. The number of β-lactam (4-membered cyclic amide) rings is 1. The number of rotatable bonds is 3. The first-order valence-electron chi connectivity index (χ1n) is 5.20. The van der Waals surface area contributed by atoms with Gasteiger partial charge in [0.05, 0.1) is 18.4 Å². The molecule has 9 heteroatoms. The number of carboxylic acid groups (broad SMARTS) is 1. The molecule has 2 aliphatic heterocycles. The van der Waals surface area contributed by atoms with E-state index in [1.54, 1.807) is 0 Å². The molecule has 0 bridgehead atoms. The molecule has 2 aliphatic rings. The number of carboxylic acids is 1. The standard InChI is InChI=1S/C10H11NO6S.Na/c1-5(12)2-3-6-9(10(14)15)11-7(13)4-8(11)18(6,16)17;/h2-3,6,8-9H,4H2,1H3,(H,14,15);/q;+1/p-1/b3-2+;/t6-,8+,9+;/m0./s1. The zero-order valence-electron chi connectivity index (χ0n) is 10.4. The molecule has 7 nitrogen and oxygen atoms in total. The largest absolute Gasteiger partial charge is 1.00 e. The van der Waals surface area contributed by atoms with Gasteiger partial charge >= 0.3 is 29.6 Å². The van der Waals surface area contributed by atoms with Crippen LogP contribution in [0.3, 0.4) is 0 Å². The minimum absolute atomic E-state index is 0. The number of fused-ring (bicyclic) bond motifs is 1. The number of sulfone groups is 1. The molecule has 0 aromatic carbocycles. The second-order valence-electron chi connectivity index (χ2n) is 4.25. The van der Waals surface area contributed by atoms with Crippen LogP contribution in [-0.2, 0) is 24.2 Å². The summed E-state index contributed by atoms with van der Waals surface area (Å²) in [6.45, 7) is 1.21. The summed E-state index contributed by atoms with van der Waals surface area (Å²) in [5, 5.41) is 8.48. The molecular weight excluding hydrogens is 285 g/mol. The molecule has 2 fully saturated rings. The van der Waals surface area contributed by atoms with E-state index in [2.05, 4.69) is 0 Å². The average Bonchev–Trinajstić information content (AvgIpc) is 2.40. The summed E-state index contributed by atoms with van der Waals surface area (Å²) in [7, 11) is -3.81. The van der Waals surface area contributed by atoms with Crippen molar-refractivity contribution in [2.45, 2.75) is 30.0 Å². The SMILES string of the molecule is CC(=O)/C=C/[C@H]1[C@H](C(=O)[O-])N2C(=O)C[C@H]2S1(=O)=O.[Na+]. The van der Waals surface area contributed by atoms with Gasteiger partial charge in [-0.25, -0.2) is 8.42 Å². The molecule has 19 heavy (non-hydrogen) atoms. The molecule has 0 aromatic heterocycles. The molecule has 2 rings (SSSR count). The van der Waals surface area contributed by atoms with Crippen LogP contribution in [0.15, 0.2) is 12.2 Å². The third kappa shape index (κ3) is 2.49. The molecule has 98 valence electrons. The van der Waals surface area contributed by atoms with Gasteiger partial charge in [-0.1, -0.05) is 6.08 Å². The van der Waals surface area contributed by atoms with Crippen molar-refractivity contribution < 1.29 is 57.5 Å². The van der Waals surface area contributed by atoms with Crippen molar-refractivity contribution >= 4 is 27.5 Å². The first kappa shape index (κ1) is 16.4. The van der Waals surface area contributed by atoms with Crippen LogP contribution < -0.4 is 34.7 Å². The van der Waals surface area contributed by atoms with Crippen LogP contribution in [0.5, 0.6) is 0 Å². The number of allylic oxidation sites excluding steroid dienone is 1. The van der Waals surface area contributed by atoms with E-state index >= 15 is 0 Å². The minimum atomic E-state index is -3.81. The normalized spacial score (nSPS) is 31.5. The maximum Gasteiger partial charge on any atom is 1.00 e. The van der Waals surface area contributed by atoms with Gasteiger partial charge in [-0.15, -0.1) is 0 Å². The van der Waals surface area contributed by atoms with Crippen LogP contribution in [0.2, 0.25) is 0 Å². The Hall–Kier alpha value is -0.700. The monoisotopic (exact) mass is 295 g/mol. The molecule has 0 aromatic rings. The molecule has 1 amide bonds. The van der Waals surface area contributed by atoms with Crippen molar-refractivity contribution in [3.63, 3.8) is 0 Å². The van der Waals surface area contributed by atoms with Crippen molar-refractivity contribution in [3.8, 4) is 0 Å². The fraction of sp³-hybridized carbons (Fsp3) is 0.500. The summed E-state index contributed by atoms with van der Waals surface area (Å²) in [6, 6.07) is -1.54. The summed E-state index contributed by atoms with van der Waals surface area (Å²) in [4.78, 5) is 33.9. The van der Waals surface area contributed by atoms with Crippen LogP contribution in [-0.4, -0.2) is 47.6 Å². The number of carbonyl (C=O) groups is 3. The topological polar surface area (TPSA) is 112 Å². The van der Waals surface area contributed by atoms with Gasteiger partial charge in [-0.05, 0) is 13.0 Å². The van der Waals surface area contributed by atoms with Crippen molar-refractivity contribution in [1.82, 2.24) is 4.90 Å². The van der Waals surface area contributed by atoms with E-state index in [9.17, 15) is 27.9 Å². The van der Waals surface area contributed by atoms with E-state index in [0.29, 0.717) is 0 Å². The van der Waals surface area contributed by atoms with Crippen LogP contribution in [0.25, 0.3) is 0 Å². The number of aliphatic carboxylic acids is 1. The van der Waals surface area contributed by atoms with Gasteiger partial charge in [0.2, 0.25) is 5.91 Å². The van der Waals surface area contributed by atoms with E-state index in [0.717, 1.165) is 17.1 Å². The second-order valence-corrected chi connectivity index (χ2v) is 6.51. The summed E-state index contributed by atoms with van der Waals surface area (Å²) in [6.07, 6.45) is 1.80. The van der Waals surface area contributed by atoms with E-state index in [1.165, 1.54) is 6.92 Å². The van der Waals surface area contributed by atoms with Crippen LogP contribution in [0.4, 0.5) is 0 Å². The van der Waals surface area contributed by atoms with Gasteiger partial charge in [0.1, 0.15) is 10.6 Å². The van der Waals surface area contributed by atoms with Gasteiger partial charge in [0.25, 0.3) is 0 Å². The molecule has 3 atom stereocenters. The summed E-state index contributed by atoms with van der Waals surface area (Å²) < 4.78 is 24.0. The van der Waals surface area contributed by atoms with E-state index < -0.39 is 44.2 Å². The quantitative estimate of drug-likeness (QED) is 0.292. The van der Waals surface area contributed by atoms with Gasteiger partial charge in [-0.3, -0.25) is 9.59 Å². The number of hydrogen-bond acceptors (Lipinski definition) is 6. The molecule has 2 heterocycles. The van der Waals surface area contributed by atoms with Crippen LogP contribution in [0.1, 0.15) is 13.3 Å². The Bertz CT molecular complexity index is 569. The molecule has 0 unspecified atom stereocenters. The third-order valence-electron chi connectivity index (χ3n) is 3.08. The van der Waals surface area contributed by atoms with E-state index in [1.807, 2.05) is 0 Å². The fourth-order valence-electron chi connectivity index (χ4n) is 2.22. The maximum atomic E-state index is 12.0. The molecule has 0 aliphatic carbocycles. The molecule has 0 saturated carbocycles. The fourth-order valence-corrected chi connectivity index (χ4v) is 4.42. The van der Waals surface area contributed by atoms with Gasteiger partial charge in [-0.2, -0.15) is 0 Å². The molecule has 0 spiro atoms. The van der Waals surface area contributed by atoms with Crippen molar-refractivity contribution in [2.24, 2.45) is 0 Å². The summed E-state index contributed by atoms with van der Waals surface area (Å²) in [5.41, 5.74) is 0. The molecular formula is C10H10NNaO6S. The van der Waals surface area contributed by atoms with Crippen molar-refractivity contribution in [3.05, 3.63) is 12.2 Å². The number of hydrogen-bond donors (Lipinski definition) is 0. The summed E-state index contributed by atoms with van der Waals surface area (Å²) in [5.74, 6) is -2.56. The van der Waals surface area contributed by atoms with Crippen molar-refractivity contribution in [2.75, 3.05) is 0 Å². The van der Waals surface area contributed by atoms with E-state index in [-0.39, 0.29) is 36.0 Å². The van der Waals surface area contributed by atoms with Gasteiger partial charge in [0, 0.05) is 0 Å². The average molecular weight is 295 g/mol. The Morgan fingerprint density at radius 3 is 2.42 bits per heavy atom. The third-order valence-corrected chi connectivity index (χ3v) is 5.40. The Morgan fingerprint density at radius 1 is 1.42 bits per heavy atom. The smallest absolute Gasteiger partial charge is 0.548 e. The predicted octanol–water partition coefficient (Wildman–Crippen LogP) is -5.39. The van der Waals surface area contributed by atoms with Crippen LogP contribution >= 0.6 is 0 Å². The molecule has 0 radical (unpaired) electrons. The van der Waals surface area contributed by atoms with E-state index in [4.69, 9.17) is 0 Å². The Balaban J connectivity index is 0.00000180. The minimum Gasteiger partial charge on any atom is -0.548 e. The predicted molar refractivity (Wildman–Crippen MR) is 56.6 cm³/mol. The zero-order chi connectivity index (χ0) is 13.7. The number of amides is 1. The first-order valence-corrected chi connectivity index (χ1v) is 6.81. The van der Waals surface area contributed by atoms with Crippen LogP contribution in [0, 0.1) is 0 Å².